The van der Waals surface area contributed by atoms with E-state index in [1.807, 2.05) is 24.3 Å². The highest BCUT2D eigenvalue weighted by atomic mass is 32.2. The Morgan fingerprint density at radius 1 is 1.14 bits per heavy atom. The van der Waals surface area contributed by atoms with Crippen LogP contribution in [0.25, 0.3) is 17.0 Å². The van der Waals surface area contributed by atoms with Gasteiger partial charge in [0.05, 0.1) is 6.61 Å². The number of H-pyrrole nitrogens is 1. The maximum absolute atomic E-state index is 13.6. The first-order valence-electron chi connectivity index (χ1n) is 9.23. The number of aromatic nitrogens is 4. The lowest BCUT2D eigenvalue weighted by atomic mass is 10.1. The predicted octanol–water partition coefficient (Wildman–Crippen LogP) is 3.96. The Bertz CT molecular complexity index is 1200. The van der Waals surface area contributed by atoms with Gasteiger partial charge in [-0.05, 0) is 30.2 Å². The highest BCUT2D eigenvalue weighted by Gasteiger charge is 2.12. The molecule has 4 rings (SSSR count). The third kappa shape index (κ3) is 4.32. The summed E-state index contributed by atoms with van der Waals surface area (Å²) in [7, 11) is 0. The quantitative estimate of drug-likeness (QED) is 0.369. The number of fused-ring (bicyclic) bond motifs is 1. The summed E-state index contributed by atoms with van der Waals surface area (Å²) in [6.07, 6.45) is 0.900. The van der Waals surface area contributed by atoms with Crippen LogP contribution in [0.15, 0.2) is 64.5 Å². The fraction of sp³-hybridized carbons (Fsp3) is 0.190. The molecule has 6 nitrogen and oxygen atoms in total. The van der Waals surface area contributed by atoms with E-state index < -0.39 is 0 Å². The Kier molecular flexibility index (Phi) is 5.62. The standard InChI is InChI=1S/C21H19FN4O2S/c1-2-14-6-3-4-9-17(14)28-10-11-29-21-24-20(15-7-5-8-16(22)12-15)23-18-13-19(27)25-26(18)21/h3-9,12-13H,2,10-11H2,1H3,(H,25,27). The lowest BCUT2D eigenvalue weighted by Gasteiger charge is -2.11. The second-order valence-electron chi connectivity index (χ2n) is 6.31. The molecule has 0 fully saturated rings. The normalized spacial score (nSPS) is 11.1. The number of hydrogen-bond acceptors (Lipinski definition) is 5. The van der Waals surface area contributed by atoms with Gasteiger partial charge >= 0.3 is 0 Å². The summed E-state index contributed by atoms with van der Waals surface area (Å²) in [5, 5.41) is 3.25. The van der Waals surface area contributed by atoms with Crippen LogP contribution in [-0.4, -0.2) is 31.9 Å². The summed E-state index contributed by atoms with van der Waals surface area (Å²) in [5.41, 5.74) is 1.87. The molecule has 0 saturated carbocycles. The summed E-state index contributed by atoms with van der Waals surface area (Å²) in [6.45, 7) is 2.57. The average molecular weight is 410 g/mol. The van der Waals surface area contributed by atoms with Crippen molar-refractivity contribution >= 4 is 17.4 Å². The van der Waals surface area contributed by atoms with Gasteiger partial charge in [-0.2, -0.15) is 0 Å². The van der Waals surface area contributed by atoms with Crippen molar-refractivity contribution in [2.75, 3.05) is 12.4 Å². The van der Waals surface area contributed by atoms with Crippen LogP contribution in [0.4, 0.5) is 4.39 Å². The number of hydrogen-bond donors (Lipinski definition) is 1. The SMILES string of the molecule is CCc1ccccc1OCCSc1nc(-c2cccc(F)c2)nc2cc(=O)[nH]n12. The molecule has 0 radical (unpaired) electrons. The Labute approximate surface area is 170 Å². The number of aromatic amines is 1. The number of benzene rings is 2. The second-order valence-corrected chi connectivity index (χ2v) is 7.37. The summed E-state index contributed by atoms with van der Waals surface area (Å²) in [5.74, 6) is 1.49. The number of rotatable bonds is 7. The van der Waals surface area contributed by atoms with Crippen molar-refractivity contribution in [1.82, 2.24) is 19.6 Å². The molecule has 0 amide bonds. The Morgan fingerprint density at radius 2 is 2.00 bits per heavy atom. The molecule has 0 aliphatic rings. The van der Waals surface area contributed by atoms with Crippen LogP contribution < -0.4 is 10.3 Å². The monoisotopic (exact) mass is 410 g/mol. The van der Waals surface area contributed by atoms with Gasteiger partial charge in [0.1, 0.15) is 11.6 Å². The largest absolute Gasteiger partial charge is 0.492 e. The number of thioether (sulfide) groups is 1. The minimum Gasteiger partial charge on any atom is -0.492 e. The van der Waals surface area contributed by atoms with Crippen LogP contribution in [0.1, 0.15) is 12.5 Å². The van der Waals surface area contributed by atoms with Crippen molar-refractivity contribution in [2.45, 2.75) is 18.5 Å². The molecule has 2 aromatic heterocycles. The van der Waals surface area contributed by atoms with Crippen molar-refractivity contribution in [2.24, 2.45) is 0 Å². The van der Waals surface area contributed by atoms with Crippen molar-refractivity contribution < 1.29 is 9.13 Å². The third-order valence-corrected chi connectivity index (χ3v) is 5.24. The number of aryl methyl sites for hydroxylation is 1. The van der Waals surface area contributed by atoms with E-state index in [0.717, 1.165) is 17.7 Å². The van der Waals surface area contributed by atoms with Crippen LogP contribution >= 0.6 is 11.8 Å². The summed E-state index contributed by atoms with van der Waals surface area (Å²) < 4.78 is 21.0. The van der Waals surface area contributed by atoms with Crippen LogP contribution in [0.3, 0.4) is 0 Å². The molecule has 0 spiro atoms. The van der Waals surface area contributed by atoms with E-state index in [-0.39, 0.29) is 11.4 Å². The van der Waals surface area contributed by atoms with Gasteiger partial charge in [-0.1, -0.05) is 49.0 Å². The van der Waals surface area contributed by atoms with Crippen molar-refractivity contribution in [3.8, 4) is 17.1 Å². The molecular weight excluding hydrogens is 391 g/mol. The molecule has 0 unspecified atom stereocenters. The maximum atomic E-state index is 13.6. The van der Waals surface area contributed by atoms with Crippen LogP contribution in [0, 0.1) is 5.82 Å². The minimum atomic E-state index is -0.366. The fourth-order valence-corrected chi connectivity index (χ4v) is 3.73. The van der Waals surface area contributed by atoms with Crippen molar-refractivity contribution in [1.29, 1.82) is 0 Å². The molecule has 8 heteroatoms. The van der Waals surface area contributed by atoms with Gasteiger partial charge in [-0.3, -0.25) is 9.89 Å². The first-order valence-corrected chi connectivity index (χ1v) is 10.2. The molecule has 4 aromatic rings. The van der Waals surface area contributed by atoms with E-state index in [9.17, 15) is 9.18 Å². The second kappa shape index (κ2) is 8.48. The third-order valence-electron chi connectivity index (χ3n) is 4.33. The van der Waals surface area contributed by atoms with Gasteiger partial charge in [-0.25, -0.2) is 18.9 Å². The first kappa shape index (κ1) is 19.2. The van der Waals surface area contributed by atoms with Gasteiger partial charge in [0.25, 0.3) is 5.56 Å². The molecule has 0 atom stereocenters. The minimum absolute atomic E-state index is 0.273. The Morgan fingerprint density at radius 3 is 2.83 bits per heavy atom. The number of halogens is 1. The van der Waals surface area contributed by atoms with E-state index >= 15 is 0 Å². The fourth-order valence-electron chi connectivity index (χ4n) is 2.96. The molecule has 0 saturated heterocycles. The predicted molar refractivity (Wildman–Crippen MR) is 111 cm³/mol. The first-order chi connectivity index (χ1) is 14.1. The molecule has 0 aliphatic carbocycles. The zero-order valence-electron chi connectivity index (χ0n) is 15.8. The van der Waals surface area contributed by atoms with Gasteiger partial charge in [0.2, 0.25) is 0 Å². The smallest absolute Gasteiger partial charge is 0.266 e. The molecule has 148 valence electrons. The van der Waals surface area contributed by atoms with Crippen LogP contribution in [0.2, 0.25) is 0 Å². The summed E-state index contributed by atoms with van der Waals surface area (Å²) in [4.78, 5) is 20.7. The van der Waals surface area contributed by atoms with E-state index in [2.05, 4.69) is 22.0 Å². The van der Waals surface area contributed by atoms with Crippen molar-refractivity contribution in [3.63, 3.8) is 0 Å². The summed E-state index contributed by atoms with van der Waals surface area (Å²) in [6, 6.07) is 15.4. The molecular formula is C21H19FN4O2S. The number of nitrogens with zero attached hydrogens (tertiary/aromatic N) is 3. The van der Waals surface area contributed by atoms with Crippen LogP contribution in [0.5, 0.6) is 5.75 Å². The average Bonchev–Trinajstić information content (AvgIpc) is 3.11. The van der Waals surface area contributed by atoms with E-state index in [0.29, 0.717) is 34.6 Å². The Balaban J connectivity index is 1.55. The van der Waals surface area contributed by atoms with Crippen LogP contribution in [-0.2, 0) is 6.42 Å². The maximum Gasteiger partial charge on any atom is 0.266 e. The zero-order chi connectivity index (χ0) is 20.2. The highest BCUT2D eigenvalue weighted by molar-refractivity contribution is 7.99. The topological polar surface area (TPSA) is 72.3 Å². The summed E-state index contributed by atoms with van der Waals surface area (Å²) >= 11 is 1.43. The number of nitrogens with one attached hydrogen (secondary N) is 1. The Hall–Kier alpha value is -3.13. The zero-order valence-corrected chi connectivity index (χ0v) is 16.6. The molecule has 0 bridgehead atoms. The number of para-hydroxylation sites is 1. The molecule has 1 N–H and O–H groups in total. The van der Waals surface area contributed by atoms with Gasteiger partial charge < -0.3 is 4.74 Å². The molecule has 2 heterocycles. The lowest BCUT2D eigenvalue weighted by molar-refractivity contribution is 0.340. The van der Waals surface area contributed by atoms with Gasteiger partial charge in [0.15, 0.2) is 16.6 Å². The van der Waals surface area contributed by atoms with E-state index in [1.54, 1.807) is 12.1 Å². The van der Waals surface area contributed by atoms with E-state index in [1.165, 1.54) is 34.5 Å². The number of ether oxygens (including phenoxy) is 1. The van der Waals surface area contributed by atoms with Gasteiger partial charge in [0, 0.05) is 17.4 Å². The molecule has 29 heavy (non-hydrogen) atoms. The highest BCUT2D eigenvalue weighted by Crippen LogP contribution is 2.23. The van der Waals surface area contributed by atoms with Crippen molar-refractivity contribution in [3.05, 3.63) is 76.3 Å². The van der Waals surface area contributed by atoms with E-state index in [4.69, 9.17) is 4.74 Å². The lowest BCUT2D eigenvalue weighted by Crippen LogP contribution is -2.07. The molecule has 0 aliphatic heterocycles. The molecule has 2 aromatic carbocycles. The van der Waals surface area contributed by atoms with Gasteiger partial charge in [-0.15, -0.1) is 0 Å².